The Balaban J connectivity index is 1.75. The number of anilines is 2. The first kappa shape index (κ1) is 17.6. The molecule has 1 aromatic carbocycles. The minimum atomic E-state index is -0.895. The van der Waals surface area contributed by atoms with E-state index >= 15 is 0 Å². The summed E-state index contributed by atoms with van der Waals surface area (Å²) in [6, 6.07) is 3.08. The maximum atomic E-state index is 14.8. The predicted octanol–water partition coefficient (Wildman–Crippen LogP) is 1.84. The van der Waals surface area contributed by atoms with Crippen LogP contribution in [-0.4, -0.2) is 55.3 Å². The van der Waals surface area contributed by atoms with E-state index in [9.17, 15) is 14.0 Å². The highest BCUT2D eigenvalue weighted by molar-refractivity contribution is 8.02. The summed E-state index contributed by atoms with van der Waals surface area (Å²) in [6.07, 6.45) is 0. The van der Waals surface area contributed by atoms with E-state index in [1.807, 2.05) is 16.7 Å². The predicted molar refractivity (Wildman–Crippen MR) is 99.3 cm³/mol. The van der Waals surface area contributed by atoms with Gasteiger partial charge in [0.2, 0.25) is 0 Å². The summed E-state index contributed by atoms with van der Waals surface area (Å²) in [6.45, 7) is 7.02. The van der Waals surface area contributed by atoms with Crippen LogP contribution in [0.3, 0.4) is 0 Å². The van der Waals surface area contributed by atoms with Crippen molar-refractivity contribution in [2.45, 2.75) is 24.6 Å². The average Bonchev–Trinajstić information content (AvgIpc) is 2.62. The largest absolute Gasteiger partial charge is 0.465 e. The quantitative estimate of drug-likeness (QED) is 0.635. The van der Waals surface area contributed by atoms with Crippen molar-refractivity contribution < 1.29 is 18.7 Å². The molecule has 140 valence electrons. The SMILES string of the molecule is CCOC(=O)C1C(=O)c2cc(F)c(N3CCNCC3)cc2N2C(C)SC12. The van der Waals surface area contributed by atoms with Gasteiger partial charge in [-0.1, -0.05) is 0 Å². The number of Topliss-reactive ketones (excluding diaryl/α,β-unsaturated/α-hetero) is 1. The highest BCUT2D eigenvalue weighted by Gasteiger charge is 2.53. The Labute approximate surface area is 156 Å². The fourth-order valence-electron chi connectivity index (χ4n) is 3.91. The van der Waals surface area contributed by atoms with Crippen LogP contribution in [0.4, 0.5) is 15.8 Å². The van der Waals surface area contributed by atoms with Gasteiger partial charge in [-0.15, -0.1) is 11.8 Å². The van der Waals surface area contributed by atoms with E-state index in [4.69, 9.17) is 4.74 Å². The third-order valence-electron chi connectivity index (χ3n) is 5.18. The molecular formula is C18H22FN3O3S. The molecule has 2 saturated heterocycles. The molecule has 2 fully saturated rings. The van der Waals surface area contributed by atoms with Crippen LogP contribution in [0, 0.1) is 11.7 Å². The van der Waals surface area contributed by atoms with E-state index in [-0.39, 0.29) is 28.7 Å². The Bertz CT molecular complexity index is 753. The number of ether oxygens (including phenoxy) is 1. The van der Waals surface area contributed by atoms with Gasteiger partial charge in [-0.3, -0.25) is 9.59 Å². The molecule has 6 nitrogen and oxygen atoms in total. The number of benzene rings is 1. The van der Waals surface area contributed by atoms with Crippen LogP contribution in [0.5, 0.6) is 0 Å². The fourth-order valence-corrected chi connectivity index (χ4v) is 5.32. The van der Waals surface area contributed by atoms with Gasteiger partial charge >= 0.3 is 5.97 Å². The number of nitrogens with one attached hydrogen (secondary N) is 1. The molecule has 3 unspecified atom stereocenters. The molecule has 0 saturated carbocycles. The Hall–Kier alpha value is -1.80. The molecule has 0 aromatic heterocycles. The summed E-state index contributed by atoms with van der Waals surface area (Å²) in [5.41, 5.74) is 1.53. The number of fused-ring (bicyclic) bond motifs is 3. The maximum Gasteiger partial charge on any atom is 0.319 e. The molecule has 0 radical (unpaired) electrons. The number of nitrogens with zero attached hydrogens (tertiary/aromatic N) is 2. The number of ketones is 1. The summed E-state index contributed by atoms with van der Waals surface area (Å²) in [4.78, 5) is 29.3. The summed E-state index contributed by atoms with van der Waals surface area (Å²) in [5.74, 6) is -2.18. The molecule has 0 amide bonds. The highest BCUT2D eigenvalue weighted by Crippen LogP contribution is 2.51. The van der Waals surface area contributed by atoms with E-state index < -0.39 is 17.7 Å². The van der Waals surface area contributed by atoms with E-state index in [1.54, 1.807) is 24.8 Å². The van der Waals surface area contributed by atoms with Crippen LogP contribution in [-0.2, 0) is 9.53 Å². The topological polar surface area (TPSA) is 61.9 Å². The van der Waals surface area contributed by atoms with Crippen molar-refractivity contribution in [1.29, 1.82) is 0 Å². The second-order valence-electron chi connectivity index (χ2n) is 6.69. The van der Waals surface area contributed by atoms with Gasteiger partial charge < -0.3 is 19.9 Å². The number of hydrogen-bond donors (Lipinski definition) is 1. The zero-order valence-corrected chi connectivity index (χ0v) is 15.6. The zero-order valence-electron chi connectivity index (χ0n) is 14.8. The van der Waals surface area contributed by atoms with Crippen molar-refractivity contribution in [2.75, 3.05) is 42.6 Å². The number of piperazine rings is 1. The molecule has 0 bridgehead atoms. The van der Waals surface area contributed by atoms with Gasteiger partial charge in [0.05, 0.1) is 28.7 Å². The Kier molecular flexibility index (Phi) is 4.56. The first-order valence-corrected chi connectivity index (χ1v) is 9.91. The van der Waals surface area contributed by atoms with E-state index in [0.29, 0.717) is 5.69 Å². The summed E-state index contributed by atoms with van der Waals surface area (Å²) >= 11 is 1.57. The second kappa shape index (κ2) is 6.74. The van der Waals surface area contributed by atoms with Crippen LogP contribution in [0.1, 0.15) is 24.2 Å². The summed E-state index contributed by atoms with van der Waals surface area (Å²) < 4.78 is 19.9. The van der Waals surface area contributed by atoms with Gasteiger partial charge in [-0.05, 0) is 26.0 Å². The van der Waals surface area contributed by atoms with Crippen molar-refractivity contribution in [3.05, 3.63) is 23.5 Å². The number of halogens is 1. The van der Waals surface area contributed by atoms with Crippen molar-refractivity contribution in [3.63, 3.8) is 0 Å². The maximum absolute atomic E-state index is 14.8. The van der Waals surface area contributed by atoms with Gasteiger partial charge in [0.25, 0.3) is 0 Å². The van der Waals surface area contributed by atoms with E-state index in [1.165, 1.54) is 6.07 Å². The fraction of sp³-hybridized carbons (Fsp3) is 0.556. The lowest BCUT2D eigenvalue weighted by Gasteiger charge is -2.53. The first-order valence-electron chi connectivity index (χ1n) is 8.96. The molecule has 3 aliphatic heterocycles. The molecule has 26 heavy (non-hydrogen) atoms. The van der Waals surface area contributed by atoms with Gasteiger partial charge in [0, 0.05) is 31.7 Å². The number of carbonyl (C=O) groups excluding carboxylic acids is 2. The van der Waals surface area contributed by atoms with Crippen LogP contribution in [0.25, 0.3) is 0 Å². The molecule has 4 rings (SSSR count). The van der Waals surface area contributed by atoms with Crippen molar-refractivity contribution in [3.8, 4) is 0 Å². The zero-order chi connectivity index (χ0) is 18.4. The van der Waals surface area contributed by atoms with Crippen molar-refractivity contribution in [2.24, 2.45) is 5.92 Å². The van der Waals surface area contributed by atoms with Crippen molar-refractivity contribution in [1.82, 2.24) is 5.32 Å². The molecule has 0 aliphatic carbocycles. The lowest BCUT2D eigenvalue weighted by molar-refractivity contribution is -0.146. The first-order chi connectivity index (χ1) is 12.5. The van der Waals surface area contributed by atoms with Crippen LogP contribution >= 0.6 is 11.8 Å². The van der Waals surface area contributed by atoms with E-state index in [2.05, 4.69) is 5.32 Å². The van der Waals surface area contributed by atoms with Gasteiger partial charge in [0.15, 0.2) is 5.78 Å². The number of carbonyl (C=O) groups is 2. The molecule has 0 spiro atoms. The lowest BCUT2D eigenvalue weighted by atomic mass is 9.89. The van der Waals surface area contributed by atoms with Gasteiger partial charge in [0.1, 0.15) is 11.7 Å². The van der Waals surface area contributed by atoms with Crippen LogP contribution in [0.2, 0.25) is 0 Å². The number of esters is 1. The molecule has 8 heteroatoms. The summed E-state index contributed by atoms with van der Waals surface area (Å²) in [5, 5.41) is 3.11. The third kappa shape index (κ3) is 2.66. The molecule has 1 aromatic rings. The lowest BCUT2D eigenvalue weighted by Crippen LogP contribution is -2.60. The molecule has 3 atom stereocenters. The summed E-state index contributed by atoms with van der Waals surface area (Å²) in [7, 11) is 0. The minimum Gasteiger partial charge on any atom is -0.465 e. The van der Waals surface area contributed by atoms with Crippen LogP contribution in [0.15, 0.2) is 12.1 Å². The Morgan fingerprint density at radius 2 is 2.08 bits per heavy atom. The van der Waals surface area contributed by atoms with E-state index in [0.717, 1.165) is 31.9 Å². The smallest absolute Gasteiger partial charge is 0.319 e. The second-order valence-corrected chi connectivity index (χ2v) is 8.12. The number of hydrogen-bond acceptors (Lipinski definition) is 7. The average molecular weight is 379 g/mol. The molecule has 3 heterocycles. The van der Waals surface area contributed by atoms with Crippen LogP contribution < -0.4 is 15.1 Å². The third-order valence-corrected chi connectivity index (χ3v) is 6.58. The standard InChI is InChI=1S/C18H22FN3O3S/c1-3-25-18(24)15-16(23)11-8-12(19)14(21-6-4-20-5-7-21)9-13(11)22-10(2)26-17(15)22/h8-10,15,17,20H,3-7H2,1-2H3. The minimum absolute atomic E-state index is 0.130. The Morgan fingerprint density at radius 3 is 2.73 bits per heavy atom. The molecule has 3 aliphatic rings. The van der Waals surface area contributed by atoms with Crippen molar-refractivity contribution >= 4 is 34.9 Å². The normalized spacial score (nSPS) is 27.5. The number of rotatable bonds is 3. The Morgan fingerprint density at radius 1 is 1.35 bits per heavy atom. The monoisotopic (exact) mass is 379 g/mol. The van der Waals surface area contributed by atoms with Gasteiger partial charge in [-0.2, -0.15) is 0 Å². The number of thioether (sulfide) groups is 1. The molecule has 1 N–H and O–H groups in total. The van der Waals surface area contributed by atoms with Gasteiger partial charge in [-0.25, -0.2) is 4.39 Å². The molecular weight excluding hydrogens is 357 g/mol. The highest BCUT2D eigenvalue weighted by atomic mass is 32.2.